The van der Waals surface area contributed by atoms with E-state index in [4.69, 9.17) is 16.0 Å². The minimum atomic E-state index is -0.0449. The van der Waals surface area contributed by atoms with Crippen molar-refractivity contribution >= 4 is 45.3 Å². The molecule has 0 atom stereocenters. The van der Waals surface area contributed by atoms with Crippen LogP contribution in [0.1, 0.15) is 0 Å². The second kappa shape index (κ2) is 7.42. The number of para-hydroxylation sites is 1. The molecule has 0 N–H and O–H groups in total. The zero-order chi connectivity index (χ0) is 20.7. The summed E-state index contributed by atoms with van der Waals surface area (Å²) in [6.45, 7) is 6.17. The highest BCUT2D eigenvalue weighted by Crippen LogP contribution is 2.37. The van der Waals surface area contributed by atoms with Crippen LogP contribution in [0.15, 0.2) is 60.1 Å². The summed E-state index contributed by atoms with van der Waals surface area (Å²) in [5, 5.41) is 1.46. The molecule has 150 valence electrons. The SMILES string of the molecule is C=CC(=O)N1CCN(c2ncnc3cc(-c4cccc5ncoc45)c(Cl)cc23)CC1. The Labute approximate surface area is 177 Å². The molecule has 2 aromatic carbocycles. The summed E-state index contributed by atoms with van der Waals surface area (Å²) in [5.74, 6) is 0.772. The van der Waals surface area contributed by atoms with Crippen LogP contribution in [-0.4, -0.2) is 51.9 Å². The van der Waals surface area contributed by atoms with Crippen LogP contribution in [0, 0.1) is 0 Å². The molecule has 30 heavy (non-hydrogen) atoms. The van der Waals surface area contributed by atoms with Crippen molar-refractivity contribution in [2.75, 3.05) is 31.1 Å². The lowest BCUT2D eigenvalue weighted by molar-refractivity contribution is -0.126. The van der Waals surface area contributed by atoms with Crippen molar-refractivity contribution in [2.24, 2.45) is 0 Å². The molecule has 1 aliphatic heterocycles. The Morgan fingerprint density at radius 1 is 1.07 bits per heavy atom. The van der Waals surface area contributed by atoms with Crippen molar-refractivity contribution in [3.63, 3.8) is 0 Å². The lowest BCUT2D eigenvalue weighted by atomic mass is 10.0. The molecule has 0 unspecified atom stereocenters. The van der Waals surface area contributed by atoms with Gasteiger partial charge < -0.3 is 14.2 Å². The van der Waals surface area contributed by atoms with Gasteiger partial charge in [0.15, 0.2) is 12.0 Å². The summed E-state index contributed by atoms with van der Waals surface area (Å²) >= 11 is 6.70. The highest BCUT2D eigenvalue weighted by molar-refractivity contribution is 6.34. The average Bonchev–Trinajstić information content (AvgIpc) is 3.27. The van der Waals surface area contributed by atoms with Crippen LogP contribution in [0.2, 0.25) is 5.02 Å². The Morgan fingerprint density at radius 2 is 1.90 bits per heavy atom. The normalized spacial score (nSPS) is 14.4. The number of aromatic nitrogens is 3. The molecule has 5 rings (SSSR count). The number of rotatable bonds is 3. The molecule has 1 fully saturated rings. The first kappa shape index (κ1) is 18.6. The topological polar surface area (TPSA) is 75.4 Å². The number of benzene rings is 2. The number of halogens is 1. The molecule has 2 aromatic heterocycles. The van der Waals surface area contributed by atoms with E-state index in [0.717, 1.165) is 33.4 Å². The van der Waals surface area contributed by atoms with Crippen molar-refractivity contribution in [3.8, 4) is 11.1 Å². The van der Waals surface area contributed by atoms with Crippen LogP contribution in [0.4, 0.5) is 5.82 Å². The summed E-state index contributed by atoms with van der Waals surface area (Å²) in [6.07, 6.45) is 4.35. The Kier molecular flexibility index (Phi) is 4.59. The van der Waals surface area contributed by atoms with Crippen molar-refractivity contribution in [2.45, 2.75) is 0 Å². The molecule has 7 nitrogen and oxygen atoms in total. The monoisotopic (exact) mass is 419 g/mol. The predicted octanol–water partition coefficient (Wildman–Crippen LogP) is 3.93. The van der Waals surface area contributed by atoms with Gasteiger partial charge in [0.2, 0.25) is 5.91 Å². The molecule has 8 heteroatoms. The number of oxazole rings is 1. The maximum atomic E-state index is 11.8. The zero-order valence-electron chi connectivity index (χ0n) is 16.1. The van der Waals surface area contributed by atoms with Crippen molar-refractivity contribution < 1.29 is 9.21 Å². The summed E-state index contributed by atoms with van der Waals surface area (Å²) < 4.78 is 5.58. The van der Waals surface area contributed by atoms with Gasteiger partial charge in [0.25, 0.3) is 0 Å². The molecule has 0 aliphatic carbocycles. The number of anilines is 1. The highest BCUT2D eigenvalue weighted by atomic mass is 35.5. The summed E-state index contributed by atoms with van der Waals surface area (Å²) in [6, 6.07) is 9.64. The molecular weight excluding hydrogens is 402 g/mol. The van der Waals surface area contributed by atoms with Crippen molar-refractivity contribution in [3.05, 3.63) is 60.7 Å². The van der Waals surface area contributed by atoms with Crippen LogP contribution >= 0.6 is 11.6 Å². The lowest BCUT2D eigenvalue weighted by Crippen LogP contribution is -2.48. The van der Waals surface area contributed by atoms with Crippen LogP contribution < -0.4 is 4.90 Å². The second-order valence-corrected chi connectivity index (χ2v) is 7.48. The summed E-state index contributed by atoms with van der Waals surface area (Å²) in [7, 11) is 0. The van der Waals surface area contributed by atoms with Gasteiger partial charge in [0.05, 0.1) is 5.52 Å². The van der Waals surface area contributed by atoms with Crippen molar-refractivity contribution in [1.82, 2.24) is 19.9 Å². The number of hydrogen-bond donors (Lipinski definition) is 0. The smallest absolute Gasteiger partial charge is 0.246 e. The first-order valence-electron chi connectivity index (χ1n) is 9.59. The fourth-order valence-corrected chi connectivity index (χ4v) is 4.15. The van der Waals surface area contributed by atoms with E-state index < -0.39 is 0 Å². The minimum absolute atomic E-state index is 0.0449. The third-order valence-corrected chi connectivity index (χ3v) is 5.73. The number of carbonyl (C=O) groups is 1. The Bertz CT molecular complexity index is 1280. The van der Waals surface area contributed by atoms with Gasteiger partial charge in [-0.25, -0.2) is 15.0 Å². The largest absolute Gasteiger partial charge is 0.443 e. The van der Waals surface area contributed by atoms with Gasteiger partial charge in [0.1, 0.15) is 17.7 Å². The Morgan fingerprint density at radius 3 is 2.70 bits per heavy atom. The quantitative estimate of drug-likeness (QED) is 0.468. The van der Waals surface area contributed by atoms with E-state index >= 15 is 0 Å². The van der Waals surface area contributed by atoms with Crippen LogP contribution in [-0.2, 0) is 4.79 Å². The fraction of sp³-hybridized carbons (Fsp3) is 0.182. The number of amides is 1. The van der Waals surface area contributed by atoms with Gasteiger partial charge in [-0.1, -0.05) is 30.3 Å². The summed E-state index contributed by atoms with van der Waals surface area (Å²) in [5.41, 5.74) is 3.96. The zero-order valence-corrected chi connectivity index (χ0v) is 16.8. The maximum absolute atomic E-state index is 11.8. The minimum Gasteiger partial charge on any atom is -0.443 e. The maximum Gasteiger partial charge on any atom is 0.246 e. The lowest BCUT2D eigenvalue weighted by Gasteiger charge is -2.35. The molecule has 3 heterocycles. The third-order valence-electron chi connectivity index (χ3n) is 5.42. The standard InChI is InChI=1S/C22H18ClN5O2/c1-2-20(29)27-6-8-28(9-7-27)22-16-10-17(23)15(11-19(16)24-12-25-22)14-4-3-5-18-21(14)30-13-26-18/h2-5,10-13H,1,6-9H2. The van der Waals surface area contributed by atoms with E-state index in [0.29, 0.717) is 36.8 Å². The van der Waals surface area contributed by atoms with Crippen LogP contribution in [0.3, 0.4) is 0 Å². The number of piperazine rings is 1. The molecule has 4 aromatic rings. The molecule has 1 aliphatic rings. The van der Waals surface area contributed by atoms with Crippen LogP contribution in [0.25, 0.3) is 33.1 Å². The van der Waals surface area contributed by atoms with E-state index in [1.54, 1.807) is 11.2 Å². The second-order valence-electron chi connectivity index (χ2n) is 7.07. The van der Waals surface area contributed by atoms with Crippen molar-refractivity contribution in [1.29, 1.82) is 0 Å². The van der Waals surface area contributed by atoms with Gasteiger partial charge in [-0.3, -0.25) is 4.79 Å². The van der Waals surface area contributed by atoms with E-state index in [1.807, 2.05) is 30.3 Å². The number of carbonyl (C=O) groups excluding carboxylic acids is 1. The van der Waals surface area contributed by atoms with E-state index in [2.05, 4.69) is 26.4 Å². The van der Waals surface area contributed by atoms with Gasteiger partial charge in [-0.05, 0) is 24.3 Å². The fourth-order valence-electron chi connectivity index (χ4n) is 3.89. The molecule has 0 spiro atoms. The first-order chi connectivity index (χ1) is 14.7. The first-order valence-corrected chi connectivity index (χ1v) is 9.96. The van der Waals surface area contributed by atoms with Gasteiger partial charge >= 0.3 is 0 Å². The van der Waals surface area contributed by atoms with Gasteiger partial charge in [0, 0.05) is 47.7 Å². The third kappa shape index (κ3) is 3.07. The van der Waals surface area contributed by atoms with E-state index in [-0.39, 0.29) is 5.91 Å². The average molecular weight is 420 g/mol. The van der Waals surface area contributed by atoms with E-state index in [1.165, 1.54) is 12.5 Å². The summed E-state index contributed by atoms with van der Waals surface area (Å²) in [4.78, 5) is 29.0. The van der Waals surface area contributed by atoms with E-state index in [9.17, 15) is 4.79 Å². The number of fused-ring (bicyclic) bond motifs is 2. The Hall–Kier alpha value is -3.45. The molecule has 1 saturated heterocycles. The molecule has 1 amide bonds. The van der Waals surface area contributed by atoms with Crippen LogP contribution in [0.5, 0.6) is 0 Å². The predicted molar refractivity (Wildman–Crippen MR) is 117 cm³/mol. The number of hydrogen-bond acceptors (Lipinski definition) is 6. The molecular formula is C22H18ClN5O2. The molecule has 0 radical (unpaired) electrons. The molecule has 0 bridgehead atoms. The molecule has 0 saturated carbocycles. The van der Waals surface area contributed by atoms with Gasteiger partial charge in [-0.15, -0.1) is 0 Å². The highest BCUT2D eigenvalue weighted by Gasteiger charge is 2.22. The number of nitrogens with zero attached hydrogens (tertiary/aromatic N) is 5. The van der Waals surface area contributed by atoms with Gasteiger partial charge in [-0.2, -0.15) is 0 Å². The Balaban J connectivity index is 1.54.